The fourth-order valence-corrected chi connectivity index (χ4v) is 4.54. The van der Waals surface area contributed by atoms with Crippen molar-refractivity contribution in [2.24, 2.45) is 0 Å². The van der Waals surface area contributed by atoms with Crippen molar-refractivity contribution in [3.05, 3.63) is 83.7 Å². The van der Waals surface area contributed by atoms with E-state index >= 15 is 0 Å². The van der Waals surface area contributed by atoms with E-state index in [9.17, 15) is 23.1 Å². The number of alkyl halides is 2. The van der Waals surface area contributed by atoms with E-state index in [1.165, 1.54) is 24.3 Å². The van der Waals surface area contributed by atoms with Crippen molar-refractivity contribution in [1.29, 1.82) is 0 Å². The normalized spacial score (nSPS) is 11.9. The van der Waals surface area contributed by atoms with E-state index in [4.69, 9.17) is 9.84 Å². The first-order valence-corrected chi connectivity index (χ1v) is 10.5. The minimum atomic E-state index is -3.31. The van der Waals surface area contributed by atoms with Gasteiger partial charge in [-0.3, -0.25) is 0 Å². The Labute approximate surface area is 190 Å². The molecule has 0 saturated heterocycles. The van der Waals surface area contributed by atoms with Crippen LogP contribution in [0.4, 0.5) is 13.2 Å². The van der Waals surface area contributed by atoms with Gasteiger partial charge in [0.1, 0.15) is 11.6 Å². The van der Waals surface area contributed by atoms with Crippen LogP contribution in [0.2, 0.25) is 0 Å². The standard InChI is InChI=1S/C25H17F3O4S/c1-25(27,28)20-12-15(26)5-9-18(20)24-23(19-10-6-16(29)13-21(19)33-24)32-17-7-2-14(3-8-17)4-11-22(30)31/h2-13,29H,1H3,(H,30,31)/p-1/b11-4+. The summed E-state index contributed by atoms with van der Waals surface area (Å²) in [6.45, 7) is 0.693. The molecular weight excluding hydrogens is 453 g/mol. The van der Waals surface area contributed by atoms with Crippen LogP contribution in [0.1, 0.15) is 18.1 Å². The molecule has 0 aliphatic heterocycles. The number of rotatable bonds is 6. The summed E-state index contributed by atoms with van der Waals surface area (Å²) < 4.78 is 49.1. The molecule has 0 saturated carbocycles. The third kappa shape index (κ3) is 4.85. The molecule has 0 amide bonds. The van der Waals surface area contributed by atoms with Crippen molar-refractivity contribution in [3.63, 3.8) is 0 Å². The molecule has 3 aromatic carbocycles. The summed E-state index contributed by atoms with van der Waals surface area (Å²) in [5.74, 6) is -4.78. The molecule has 33 heavy (non-hydrogen) atoms. The van der Waals surface area contributed by atoms with Gasteiger partial charge in [-0.2, -0.15) is 0 Å². The van der Waals surface area contributed by atoms with Gasteiger partial charge in [0.2, 0.25) is 0 Å². The molecule has 168 valence electrons. The van der Waals surface area contributed by atoms with Crippen LogP contribution < -0.4 is 9.84 Å². The first-order valence-electron chi connectivity index (χ1n) is 9.72. The van der Waals surface area contributed by atoms with Gasteiger partial charge in [0.05, 0.1) is 4.88 Å². The van der Waals surface area contributed by atoms with Gasteiger partial charge in [0, 0.05) is 34.2 Å². The SMILES string of the molecule is CC(F)(F)c1cc(F)ccc1-c1sc2cc([O-])ccc2c1Oc1ccc(/C=C/C(=O)O)cc1. The second-order valence-corrected chi connectivity index (χ2v) is 8.39. The Hall–Kier alpha value is -3.78. The molecule has 1 heterocycles. The van der Waals surface area contributed by atoms with E-state index in [1.807, 2.05) is 0 Å². The van der Waals surface area contributed by atoms with Gasteiger partial charge in [-0.15, -0.1) is 17.1 Å². The van der Waals surface area contributed by atoms with Crippen LogP contribution in [0.3, 0.4) is 0 Å². The van der Waals surface area contributed by atoms with Gasteiger partial charge in [-0.25, -0.2) is 18.0 Å². The number of hydrogen-bond acceptors (Lipinski definition) is 4. The summed E-state index contributed by atoms with van der Waals surface area (Å²) in [5, 5.41) is 21.2. The Kier molecular flexibility index (Phi) is 5.86. The van der Waals surface area contributed by atoms with E-state index in [2.05, 4.69) is 0 Å². The van der Waals surface area contributed by atoms with Crippen molar-refractivity contribution in [1.82, 2.24) is 0 Å². The van der Waals surface area contributed by atoms with Crippen LogP contribution in [0.15, 0.2) is 66.7 Å². The number of fused-ring (bicyclic) bond motifs is 1. The maximum atomic E-state index is 14.3. The van der Waals surface area contributed by atoms with Crippen molar-refractivity contribution in [2.75, 3.05) is 0 Å². The number of benzene rings is 3. The summed E-state index contributed by atoms with van der Waals surface area (Å²) in [6, 6.07) is 14.0. The lowest BCUT2D eigenvalue weighted by atomic mass is 10.00. The second-order valence-electron chi connectivity index (χ2n) is 7.34. The molecule has 0 spiro atoms. The Morgan fingerprint density at radius 2 is 1.82 bits per heavy atom. The minimum absolute atomic E-state index is 0.105. The second kappa shape index (κ2) is 8.63. The Bertz CT molecular complexity index is 1370. The molecule has 4 aromatic rings. The number of thiophene rings is 1. The number of aliphatic carboxylic acids is 1. The van der Waals surface area contributed by atoms with Gasteiger partial charge in [0.25, 0.3) is 5.92 Å². The molecule has 8 heteroatoms. The van der Waals surface area contributed by atoms with E-state index in [1.54, 1.807) is 30.3 Å². The highest BCUT2D eigenvalue weighted by atomic mass is 32.1. The first kappa shape index (κ1) is 22.4. The summed E-state index contributed by atoms with van der Waals surface area (Å²) in [5.41, 5.74) is 0.242. The molecule has 0 radical (unpaired) electrons. The van der Waals surface area contributed by atoms with Crippen molar-refractivity contribution in [3.8, 4) is 27.7 Å². The van der Waals surface area contributed by atoms with Crippen LogP contribution in [0.5, 0.6) is 17.2 Å². The van der Waals surface area contributed by atoms with Gasteiger partial charge in [0.15, 0.2) is 5.75 Å². The van der Waals surface area contributed by atoms with Gasteiger partial charge < -0.3 is 14.9 Å². The summed E-state index contributed by atoms with van der Waals surface area (Å²) in [6.07, 6.45) is 2.42. The summed E-state index contributed by atoms with van der Waals surface area (Å²) >= 11 is 1.10. The first-order chi connectivity index (χ1) is 15.6. The zero-order valence-corrected chi connectivity index (χ0v) is 18.0. The maximum absolute atomic E-state index is 14.3. The number of carbonyl (C=O) groups is 1. The lowest BCUT2D eigenvalue weighted by Gasteiger charge is -2.16. The third-order valence-corrected chi connectivity index (χ3v) is 6.00. The summed E-state index contributed by atoms with van der Waals surface area (Å²) in [7, 11) is 0. The van der Waals surface area contributed by atoms with Gasteiger partial charge in [-0.05, 0) is 35.9 Å². The van der Waals surface area contributed by atoms with Crippen LogP contribution in [0, 0.1) is 5.82 Å². The zero-order valence-electron chi connectivity index (χ0n) is 17.1. The Balaban J connectivity index is 1.84. The predicted octanol–water partition coefficient (Wildman–Crippen LogP) is 6.78. The average molecular weight is 469 g/mol. The van der Waals surface area contributed by atoms with Crippen molar-refractivity contribution >= 4 is 33.5 Å². The molecule has 0 unspecified atom stereocenters. The summed E-state index contributed by atoms with van der Waals surface area (Å²) in [4.78, 5) is 11.0. The molecule has 0 aliphatic carbocycles. The van der Waals surface area contributed by atoms with E-state index in [0.717, 1.165) is 29.5 Å². The molecule has 0 bridgehead atoms. The van der Waals surface area contributed by atoms with E-state index in [0.29, 0.717) is 33.2 Å². The van der Waals surface area contributed by atoms with Crippen molar-refractivity contribution in [2.45, 2.75) is 12.8 Å². The highest BCUT2D eigenvalue weighted by molar-refractivity contribution is 7.22. The van der Waals surface area contributed by atoms with Crippen LogP contribution >= 0.6 is 11.3 Å². The highest BCUT2D eigenvalue weighted by Crippen LogP contribution is 2.49. The molecular formula is C25H16F3O4S-. The molecule has 1 aromatic heterocycles. The van der Waals surface area contributed by atoms with E-state index in [-0.39, 0.29) is 17.1 Å². The number of halogens is 3. The molecule has 0 atom stereocenters. The average Bonchev–Trinajstić information content (AvgIpc) is 3.09. The molecule has 4 nitrogen and oxygen atoms in total. The number of hydrogen-bond donors (Lipinski definition) is 1. The Morgan fingerprint density at radius 3 is 2.48 bits per heavy atom. The Morgan fingerprint density at radius 1 is 1.09 bits per heavy atom. The highest BCUT2D eigenvalue weighted by Gasteiger charge is 2.31. The number of carboxylic acids is 1. The number of ether oxygens (including phenoxy) is 1. The van der Waals surface area contributed by atoms with Gasteiger partial charge in [-0.1, -0.05) is 36.4 Å². The van der Waals surface area contributed by atoms with Crippen molar-refractivity contribution < 1.29 is 32.9 Å². The lowest BCUT2D eigenvalue weighted by Crippen LogP contribution is -2.09. The third-order valence-electron chi connectivity index (χ3n) is 4.83. The van der Waals surface area contributed by atoms with Crippen LogP contribution in [0.25, 0.3) is 26.6 Å². The largest absolute Gasteiger partial charge is 0.872 e. The fraction of sp³-hybridized carbons (Fsp3) is 0.0800. The smallest absolute Gasteiger partial charge is 0.328 e. The quantitative estimate of drug-likeness (QED) is 0.316. The predicted molar refractivity (Wildman–Crippen MR) is 119 cm³/mol. The van der Waals surface area contributed by atoms with Crippen LogP contribution in [-0.2, 0) is 10.7 Å². The molecule has 0 fully saturated rings. The fourth-order valence-electron chi connectivity index (χ4n) is 3.34. The molecule has 4 rings (SSSR count). The van der Waals surface area contributed by atoms with E-state index < -0.39 is 23.3 Å². The molecule has 1 N–H and O–H groups in total. The number of carboxylic acid groups (broad SMARTS) is 1. The minimum Gasteiger partial charge on any atom is -0.872 e. The monoisotopic (exact) mass is 469 g/mol. The zero-order chi connectivity index (χ0) is 23.8. The maximum Gasteiger partial charge on any atom is 0.328 e. The molecule has 0 aliphatic rings. The van der Waals surface area contributed by atoms with Crippen LogP contribution in [-0.4, -0.2) is 11.1 Å². The van der Waals surface area contributed by atoms with Gasteiger partial charge >= 0.3 is 5.97 Å². The topological polar surface area (TPSA) is 69.6 Å². The lowest BCUT2D eigenvalue weighted by molar-refractivity contribution is -0.268.